The Morgan fingerprint density at radius 3 is 2.25 bits per heavy atom. The predicted molar refractivity (Wildman–Crippen MR) is 51.8 cm³/mol. The standard InChI is InChI=1S/C11H14O/c1-9(8-12)10(2)11-6-4-3-5-7-11/h3-7,12H,8H2,1-2H3/b10-9-. The van der Waals surface area contributed by atoms with Gasteiger partial charge < -0.3 is 5.11 Å². The highest BCUT2D eigenvalue weighted by Gasteiger charge is 1.97. The SMILES string of the molecule is C/C(CO)=C(\C)c1ccccc1. The summed E-state index contributed by atoms with van der Waals surface area (Å²) >= 11 is 0. The van der Waals surface area contributed by atoms with E-state index in [-0.39, 0.29) is 6.61 Å². The lowest BCUT2D eigenvalue weighted by Crippen LogP contribution is -1.89. The summed E-state index contributed by atoms with van der Waals surface area (Å²) in [6.45, 7) is 4.12. The van der Waals surface area contributed by atoms with Gasteiger partial charge in [-0.1, -0.05) is 30.3 Å². The average molecular weight is 162 g/mol. The van der Waals surface area contributed by atoms with Gasteiger partial charge in [0.15, 0.2) is 0 Å². The van der Waals surface area contributed by atoms with Gasteiger partial charge in [0.25, 0.3) is 0 Å². The van der Waals surface area contributed by atoms with E-state index < -0.39 is 0 Å². The Bertz CT molecular complexity index is 272. The molecule has 0 bridgehead atoms. The Morgan fingerprint density at radius 2 is 1.75 bits per heavy atom. The third-order valence-corrected chi connectivity index (χ3v) is 2.08. The van der Waals surface area contributed by atoms with Gasteiger partial charge in [0, 0.05) is 0 Å². The van der Waals surface area contributed by atoms with E-state index in [0.717, 1.165) is 11.1 Å². The van der Waals surface area contributed by atoms with Crippen molar-refractivity contribution in [1.29, 1.82) is 0 Å². The molecule has 0 spiro atoms. The molecule has 0 radical (unpaired) electrons. The summed E-state index contributed by atoms with van der Waals surface area (Å²) in [5.41, 5.74) is 3.38. The summed E-state index contributed by atoms with van der Waals surface area (Å²) < 4.78 is 0. The van der Waals surface area contributed by atoms with E-state index in [9.17, 15) is 0 Å². The Balaban J connectivity index is 3.00. The van der Waals surface area contributed by atoms with Crippen LogP contribution in [0.4, 0.5) is 0 Å². The molecule has 0 amide bonds. The largest absolute Gasteiger partial charge is 0.392 e. The third kappa shape index (κ3) is 1.95. The number of aliphatic hydroxyl groups is 1. The van der Waals surface area contributed by atoms with Crippen LogP contribution in [0.25, 0.3) is 5.57 Å². The molecule has 1 aromatic rings. The number of aliphatic hydroxyl groups excluding tert-OH is 1. The van der Waals surface area contributed by atoms with Crippen molar-refractivity contribution < 1.29 is 5.11 Å². The molecule has 64 valence electrons. The van der Waals surface area contributed by atoms with Crippen molar-refractivity contribution in [2.24, 2.45) is 0 Å². The van der Waals surface area contributed by atoms with E-state index in [4.69, 9.17) is 5.11 Å². The first kappa shape index (κ1) is 9.01. The zero-order valence-electron chi connectivity index (χ0n) is 7.54. The molecule has 0 aliphatic rings. The molecule has 0 aliphatic heterocycles. The number of hydrogen-bond donors (Lipinski definition) is 1. The van der Waals surface area contributed by atoms with E-state index in [0.29, 0.717) is 0 Å². The van der Waals surface area contributed by atoms with Crippen molar-refractivity contribution >= 4 is 5.57 Å². The molecule has 0 saturated heterocycles. The van der Waals surface area contributed by atoms with Crippen LogP contribution in [-0.4, -0.2) is 11.7 Å². The van der Waals surface area contributed by atoms with Crippen LogP contribution in [0, 0.1) is 0 Å². The Labute approximate surface area is 73.4 Å². The first-order chi connectivity index (χ1) is 5.75. The molecule has 0 atom stereocenters. The van der Waals surface area contributed by atoms with Gasteiger partial charge in [-0.15, -0.1) is 0 Å². The highest BCUT2D eigenvalue weighted by molar-refractivity contribution is 5.66. The molecule has 1 N–H and O–H groups in total. The second-order valence-corrected chi connectivity index (χ2v) is 2.93. The molecular formula is C11H14O. The fourth-order valence-corrected chi connectivity index (χ4v) is 1.05. The van der Waals surface area contributed by atoms with E-state index in [1.807, 2.05) is 32.0 Å². The van der Waals surface area contributed by atoms with Crippen molar-refractivity contribution in [2.75, 3.05) is 6.61 Å². The topological polar surface area (TPSA) is 20.2 Å². The number of benzene rings is 1. The molecule has 1 rings (SSSR count). The summed E-state index contributed by atoms with van der Waals surface area (Å²) in [7, 11) is 0. The average Bonchev–Trinajstić information content (AvgIpc) is 2.17. The lowest BCUT2D eigenvalue weighted by atomic mass is 10.0. The highest BCUT2D eigenvalue weighted by Crippen LogP contribution is 2.16. The Hall–Kier alpha value is -1.08. The van der Waals surface area contributed by atoms with Crippen LogP contribution in [0.3, 0.4) is 0 Å². The molecule has 1 heteroatoms. The van der Waals surface area contributed by atoms with E-state index in [2.05, 4.69) is 12.1 Å². The van der Waals surface area contributed by atoms with Crippen LogP contribution in [0.2, 0.25) is 0 Å². The van der Waals surface area contributed by atoms with Crippen LogP contribution in [-0.2, 0) is 0 Å². The minimum absolute atomic E-state index is 0.140. The fourth-order valence-electron chi connectivity index (χ4n) is 1.05. The summed E-state index contributed by atoms with van der Waals surface area (Å²) in [5, 5.41) is 8.91. The summed E-state index contributed by atoms with van der Waals surface area (Å²) in [5.74, 6) is 0. The molecule has 0 saturated carbocycles. The maximum absolute atomic E-state index is 8.91. The highest BCUT2D eigenvalue weighted by atomic mass is 16.3. The summed E-state index contributed by atoms with van der Waals surface area (Å²) in [6.07, 6.45) is 0. The van der Waals surface area contributed by atoms with Crippen molar-refractivity contribution in [3.05, 3.63) is 41.5 Å². The van der Waals surface area contributed by atoms with Gasteiger partial charge in [0.1, 0.15) is 0 Å². The van der Waals surface area contributed by atoms with E-state index >= 15 is 0 Å². The van der Waals surface area contributed by atoms with Gasteiger partial charge in [-0.3, -0.25) is 0 Å². The van der Waals surface area contributed by atoms with E-state index in [1.165, 1.54) is 5.56 Å². The van der Waals surface area contributed by atoms with Crippen molar-refractivity contribution in [3.8, 4) is 0 Å². The zero-order valence-corrected chi connectivity index (χ0v) is 7.54. The lowest BCUT2D eigenvalue weighted by molar-refractivity contribution is 0.332. The minimum Gasteiger partial charge on any atom is -0.392 e. The molecule has 1 nitrogen and oxygen atoms in total. The quantitative estimate of drug-likeness (QED) is 0.708. The predicted octanol–water partition coefficient (Wildman–Crippen LogP) is 2.47. The Kier molecular flexibility index (Phi) is 3.06. The molecule has 1 aromatic carbocycles. The fraction of sp³-hybridized carbons (Fsp3) is 0.273. The first-order valence-electron chi connectivity index (χ1n) is 4.08. The summed E-state index contributed by atoms with van der Waals surface area (Å²) in [6, 6.07) is 10.1. The normalized spacial score (nSPS) is 12.6. The zero-order chi connectivity index (χ0) is 8.97. The second-order valence-electron chi connectivity index (χ2n) is 2.93. The molecule has 0 heterocycles. The van der Waals surface area contributed by atoms with Crippen LogP contribution in [0.15, 0.2) is 35.9 Å². The van der Waals surface area contributed by atoms with Crippen molar-refractivity contribution in [3.63, 3.8) is 0 Å². The van der Waals surface area contributed by atoms with E-state index in [1.54, 1.807) is 0 Å². The monoisotopic (exact) mass is 162 g/mol. The van der Waals surface area contributed by atoms with Crippen molar-refractivity contribution in [2.45, 2.75) is 13.8 Å². The van der Waals surface area contributed by atoms with Crippen LogP contribution in [0.5, 0.6) is 0 Å². The lowest BCUT2D eigenvalue weighted by Gasteiger charge is -2.04. The third-order valence-electron chi connectivity index (χ3n) is 2.08. The van der Waals surface area contributed by atoms with Gasteiger partial charge in [-0.25, -0.2) is 0 Å². The molecular weight excluding hydrogens is 148 g/mol. The smallest absolute Gasteiger partial charge is 0.0644 e. The molecule has 0 aromatic heterocycles. The molecule has 0 fully saturated rings. The van der Waals surface area contributed by atoms with Gasteiger partial charge >= 0.3 is 0 Å². The van der Waals surface area contributed by atoms with Gasteiger partial charge in [-0.2, -0.15) is 0 Å². The number of rotatable bonds is 2. The summed E-state index contributed by atoms with van der Waals surface area (Å²) in [4.78, 5) is 0. The van der Waals surface area contributed by atoms with Gasteiger partial charge in [-0.05, 0) is 30.6 Å². The van der Waals surface area contributed by atoms with Gasteiger partial charge in [0.05, 0.1) is 6.61 Å². The van der Waals surface area contributed by atoms with Crippen LogP contribution < -0.4 is 0 Å². The maximum Gasteiger partial charge on any atom is 0.0644 e. The minimum atomic E-state index is 0.140. The molecule has 0 unspecified atom stereocenters. The van der Waals surface area contributed by atoms with Crippen molar-refractivity contribution in [1.82, 2.24) is 0 Å². The molecule has 0 aliphatic carbocycles. The number of allylic oxidation sites excluding steroid dienone is 1. The Morgan fingerprint density at radius 1 is 1.17 bits per heavy atom. The number of hydrogen-bond acceptors (Lipinski definition) is 1. The second kappa shape index (κ2) is 4.07. The van der Waals surface area contributed by atoms with Crippen LogP contribution in [0.1, 0.15) is 19.4 Å². The molecule has 12 heavy (non-hydrogen) atoms. The van der Waals surface area contributed by atoms with Crippen LogP contribution >= 0.6 is 0 Å². The first-order valence-corrected chi connectivity index (χ1v) is 4.08. The maximum atomic E-state index is 8.91. The van der Waals surface area contributed by atoms with Gasteiger partial charge in [0.2, 0.25) is 0 Å².